The Hall–Kier alpha value is 0.200. The zero-order valence-corrected chi connectivity index (χ0v) is 9.38. The van der Waals surface area contributed by atoms with Gasteiger partial charge in [-0.3, -0.25) is 4.90 Å². The van der Waals surface area contributed by atoms with E-state index in [0.717, 1.165) is 30.6 Å². The van der Waals surface area contributed by atoms with Crippen LogP contribution in [0.3, 0.4) is 0 Å². The van der Waals surface area contributed by atoms with Crippen LogP contribution in [0.1, 0.15) is 13.8 Å². The van der Waals surface area contributed by atoms with Gasteiger partial charge in [-0.05, 0) is 13.1 Å². The molecular formula is C8H16N2S2. The van der Waals surface area contributed by atoms with Gasteiger partial charge >= 0.3 is 0 Å². The van der Waals surface area contributed by atoms with Crippen molar-refractivity contribution < 1.29 is 0 Å². The van der Waals surface area contributed by atoms with E-state index in [-0.39, 0.29) is 0 Å². The van der Waals surface area contributed by atoms with E-state index in [1.807, 2.05) is 0 Å². The van der Waals surface area contributed by atoms with Crippen molar-refractivity contribution in [2.45, 2.75) is 13.8 Å². The molecule has 70 valence electrons. The Labute approximate surface area is 84.3 Å². The first-order chi connectivity index (χ1) is 5.77. The summed E-state index contributed by atoms with van der Waals surface area (Å²) in [5.74, 6) is 1.17. The van der Waals surface area contributed by atoms with E-state index in [2.05, 4.69) is 23.6 Å². The predicted octanol–water partition coefficient (Wildman–Crippen LogP) is 1.62. The average molecular weight is 204 g/mol. The lowest BCUT2D eigenvalue weighted by atomic mass is 10.5. The minimum atomic E-state index is 1.01. The van der Waals surface area contributed by atoms with Crippen LogP contribution in [-0.4, -0.2) is 46.2 Å². The summed E-state index contributed by atoms with van der Waals surface area (Å²) < 4.78 is 1.07. The van der Waals surface area contributed by atoms with Crippen LogP contribution in [0.4, 0.5) is 0 Å². The largest absolute Gasteiger partial charge is 0.344 e. The molecule has 0 N–H and O–H groups in total. The first-order valence-corrected chi connectivity index (χ1v) is 5.81. The Kier molecular flexibility index (Phi) is 4.32. The Bertz CT molecular complexity index is 157. The predicted molar refractivity (Wildman–Crippen MR) is 59.6 cm³/mol. The number of rotatable bonds is 4. The maximum absolute atomic E-state index is 5.22. The van der Waals surface area contributed by atoms with Gasteiger partial charge in [0.2, 0.25) is 0 Å². The van der Waals surface area contributed by atoms with Gasteiger partial charge in [0.1, 0.15) is 4.32 Å². The first kappa shape index (κ1) is 10.3. The van der Waals surface area contributed by atoms with Gasteiger partial charge in [0, 0.05) is 12.3 Å². The van der Waals surface area contributed by atoms with Crippen molar-refractivity contribution in [2.24, 2.45) is 0 Å². The molecule has 1 saturated heterocycles. The topological polar surface area (TPSA) is 6.48 Å². The van der Waals surface area contributed by atoms with Crippen LogP contribution >= 0.6 is 24.0 Å². The van der Waals surface area contributed by atoms with Crippen LogP contribution in [0.25, 0.3) is 0 Å². The van der Waals surface area contributed by atoms with Gasteiger partial charge in [-0.25, -0.2) is 0 Å². The van der Waals surface area contributed by atoms with E-state index >= 15 is 0 Å². The number of nitrogens with zero attached hydrogens (tertiary/aromatic N) is 2. The fourth-order valence-corrected chi connectivity index (χ4v) is 2.44. The average Bonchev–Trinajstić information content (AvgIpc) is 2.47. The quantitative estimate of drug-likeness (QED) is 0.642. The second-order valence-electron chi connectivity index (χ2n) is 2.82. The molecule has 0 amide bonds. The molecular weight excluding hydrogens is 188 g/mol. The monoisotopic (exact) mass is 204 g/mol. The van der Waals surface area contributed by atoms with Crippen LogP contribution < -0.4 is 0 Å². The van der Waals surface area contributed by atoms with Crippen molar-refractivity contribution in [1.29, 1.82) is 0 Å². The van der Waals surface area contributed by atoms with E-state index in [1.165, 1.54) is 5.75 Å². The van der Waals surface area contributed by atoms with Crippen molar-refractivity contribution >= 4 is 28.3 Å². The van der Waals surface area contributed by atoms with E-state index in [0.29, 0.717) is 0 Å². The molecule has 12 heavy (non-hydrogen) atoms. The van der Waals surface area contributed by atoms with Crippen LogP contribution in [0, 0.1) is 0 Å². The molecule has 0 saturated carbocycles. The molecule has 1 heterocycles. The summed E-state index contributed by atoms with van der Waals surface area (Å²) in [7, 11) is 0. The van der Waals surface area contributed by atoms with E-state index in [9.17, 15) is 0 Å². The Morgan fingerprint density at radius 1 is 1.50 bits per heavy atom. The SMILES string of the molecule is CCN(CC)CN1CCSC1=S. The van der Waals surface area contributed by atoms with Crippen molar-refractivity contribution in [3.63, 3.8) is 0 Å². The first-order valence-electron chi connectivity index (χ1n) is 4.42. The van der Waals surface area contributed by atoms with Crippen molar-refractivity contribution in [2.75, 3.05) is 32.1 Å². The zero-order chi connectivity index (χ0) is 8.97. The molecule has 0 radical (unpaired) electrons. The van der Waals surface area contributed by atoms with Gasteiger partial charge in [0.25, 0.3) is 0 Å². The van der Waals surface area contributed by atoms with Crippen molar-refractivity contribution in [3.05, 3.63) is 0 Å². The molecule has 2 nitrogen and oxygen atoms in total. The van der Waals surface area contributed by atoms with Crippen LogP contribution in [0.5, 0.6) is 0 Å². The number of thioether (sulfide) groups is 1. The summed E-state index contributed by atoms with van der Waals surface area (Å²) in [4.78, 5) is 4.67. The van der Waals surface area contributed by atoms with Crippen molar-refractivity contribution in [3.8, 4) is 0 Å². The fourth-order valence-electron chi connectivity index (χ4n) is 1.22. The van der Waals surface area contributed by atoms with E-state index in [1.54, 1.807) is 11.8 Å². The minimum Gasteiger partial charge on any atom is -0.344 e. The maximum atomic E-state index is 5.22. The molecule has 1 aliphatic rings. The maximum Gasteiger partial charge on any atom is 0.137 e. The highest BCUT2D eigenvalue weighted by Gasteiger charge is 2.18. The Balaban J connectivity index is 2.33. The second-order valence-corrected chi connectivity index (χ2v) is 4.55. The van der Waals surface area contributed by atoms with Gasteiger partial charge in [0.05, 0.1) is 6.67 Å². The minimum absolute atomic E-state index is 1.01. The molecule has 0 unspecified atom stereocenters. The lowest BCUT2D eigenvalue weighted by molar-refractivity contribution is 0.215. The standard InChI is InChI=1S/C8H16N2S2/c1-3-9(4-2)7-10-5-6-12-8(10)11/h3-7H2,1-2H3. The molecule has 0 atom stereocenters. The molecule has 0 spiro atoms. The molecule has 0 aliphatic carbocycles. The highest BCUT2D eigenvalue weighted by Crippen LogP contribution is 2.17. The number of hydrogen-bond acceptors (Lipinski definition) is 3. The molecule has 0 aromatic heterocycles. The second kappa shape index (κ2) is 5.04. The number of hydrogen-bond donors (Lipinski definition) is 0. The van der Waals surface area contributed by atoms with E-state index < -0.39 is 0 Å². The lowest BCUT2D eigenvalue weighted by Gasteiger charge is -2.25. The normalized spacial score (nSPS) is 17.9. The number of thiocarbonyl (C=S) groups is 1. The summed E-state index contributed by atoms with van der Waals surface area (Å²) in [5, 5.41) is 0. The lowest BCUT2D eigenvalue weighted by Crippen LogP contribution is -2.37. The summed E-state index contributed by atoms with van der Waals surface area (Å²) >= 11 is 7.02. The summed E-state index contributed by atoms with van der Waals surface area (Å²) in [5.41, 5.74) is 0. The Morgan fingerprint density at radius 3 is 2.58 bits per heavy atom. The van der Waals surface area contributed by atoms with Gasteiger partial charge in [-0.15, -0.1) is 0 Å². The van der Waals surface area contributed by atoms with Crippen LogP contribution in [0.2, 0.25) is 0 Å². The van der Waals surface area contributed by atoms with Gasteiger partial charge in [-0.1, -0.05) is 37.8 Å². The molecule has 0 bridgehead atoms. The zero-order valence-electron chi connectivity index (χ0n) is 7.75. The molecule has 1 fully saturated rings. The molecule has 0 aromatic rings. The molecule has 1 rings (SSSR count). The van der Waals surface area contributed by atoms with Gasteiger partial charge in [-0.2, -0.15) is 0 Å². The summed E-state index contributed by atoms with van der Waals surface area (Å²) in [6.07, 6.45) is 0. The third-order valence-electron chi connectivity index (χ3n) is 2.11. The van der Waals surface area contributed by atoms with Crippen molar-refractivity contribution in [1.82, 2.24) is 9.80 Å². The van der Waals surface area contributed by atoms with Gasteiger partial charge in [0.15, 0.2) is 0 Å². The van der Waals surface area contributed by atoms with Gasteiger partial charge < -0.3 is 4.90 Å². The fraction of sp³-hybridized carbons (Fsp3) is 0.875. The van der Waals surface area contributed by atoms with Crippen LogP contribution in [-0.2, 0) is 0 Å². The molecule has 4 heteroatoms. The molecule has 0 aromatic carbocycles. The Morgan fingerprint density at radius 2 is 2.17 bits per heavy atom. The highest BCUT2D eigenvalue weighted by molar-refractivity contribution is 8.23. The summed E-state index contributed by atoms with van der Waals surface area (Å²) in [6.45, 7) is 8.74. The van der Waals surface area contributed by atoms with Crippen LogP contribution in [0.15, 0.2) is 0 Å². The molecule has 1 aliphatic heterocycles. The summed E-state index contributed by atoms with van der Waals surface area (Å²) in [6, 6.07) is 0. The third kappa shape index (κ3) is 2.61. The van der Waals surface area contributed by atoms with E-state index in [4.69, 9.17) is 12.2 Å². The highest BCUT2D eigenvalue weighted by atomic mass is 32.2. The smallest absolute Gasteiger partial charge is 0.137 e. The third-order valence-corrected chi connectivity index (χ3v) is 3.61.